The van der Waals surface area contributed by atoms with Crippen molar-refractivity contribution in [3.05, 3.63) is 34.1 Å². The van der Waals surface area contributed by atoms with Crippen molar-refractivity contribution in [2.75, 3.05) is 40.3 Å². The molecule has 1 saturated heterocycles. The van der Waals surface area contributed by atoms with Gasteiger partial charge in [-0.3, -0.25) is 4.90 Å². The fraction of sp³-hybridized carbons (Fsp3) is 0.571. The molecular formula is C14H21BrFN3. The van der Waals surface area contributed by atoms with Crippen LogP contribution in [0, 0.1) is 5.82 Å². The standard InChI is InChI=1S/C14H21BrFN3/c1-18(10-13-8-17-5-6-19(13)2)9-11-7-12(15)3-4-14(11)16/h3-4,7,13,17H,5-6,8-10H2,1-2H3. The van der Waals surface area contributed by atoms with Crippen LogP contribution in [0.1, 0.15) is 5.56 Å². The van der Waals surface area contributed by atoms with Gasteiger partial charge < -0.3 is 10.2 Å². The second-order valence-electron chi connectivity index (χ2n) is 5.27. The third kappa shape index (κ3) is 4.24. The fourth-order valence-electron chi connectivity index (χ4n) is 2.45. The molecule has 1 aliphatic heterocycles. The lowest BCUT2D eigenvalue weighted by Gasteiger charge is -2.35. The summed E-state index contributed by atoms with van der Waals surface area (Å²) in [5.74, 6) is -0.134. The van der Waals surface area contributed by atoms with E-state index in [0.717, 1.165) is 36.2 Å². The maximum absolute atomic E-state index is 13.7. The minimum atomic E-state index is -0.134. The van der Waals surface area contributed by atoms with Gasteiger partial charge in [0.25, 0.3) is 0 Å². The molecule has 0 radical (unpaired) electrons. The number of nitrogens with one attached hydrogen (secondary N) is 1. The zero-order valence-electron chi connectivity index (χ0n) is 11.5. The van der Waals surface area contributed by atoms with E-state index in [1.54, 1.807) is 6.07 Å². The Bertz CT molecular complexity index is 427. The van der Waals surface area contributed by atoms with Crippen molar-refractivity contribution in [3.63, 3.8) is 0 Å². The first-order valence-electron chi connectivity index (χ1n) is 6.59. The van der Waals surface area contributed by atoms with Gasteiger partial charge in [-0.15, -0.1) is 0 Å². The predicted octanol–water partition coefficient (Wildman–Crippen LogP) is 1.92. The highest BCUT2D eigenvalue weighted by molar-refractivity contribution is 9.10. The van der Waals surface area contributed by atoms with Crippen LogP contribution in [-0.4, -0.2) is 56.1 Å². The van der Waals surface area contributed by atoms with Gasteiger partial charge in [0, 0.05) is 48.8 Å². The second-order valence-corrected chi connectivity index (χ2v) is 6.19. The third-order valence-corrected chi connectivity index (χ3v) is 4.11. The van der Waals surface area contributed by atoms with Gasteiger partial charge in [-0.2, -0.15) is 0 Å². The number of hydrogen-bond acceptors (Lipinski definition) is 3. The van der Waals surface area contributed by atoms with Crippen molar-refractivity contribution in [1.29, 1.82) is 0 Å². The Kier molecular flexibility index (Phi) is 5.33. The summed E-state index contributed by atoms with van der Waals surface area (Å²) in [6, 6.07) is 5.60. The second kappa shape index (κ2) is 6.79. The highest BCUT2D eigenvalue weighted by Gasteiger charge is 2.20. The Balaban J connectivity index is 1.93. The lowest BCUT2D eigenvalue weighted by molar-refractivity contribution is 0.149. The molecule has 1 N–H and O–H groups in total. The van der Waals surface area contributed by atoms with E-state index in [1.165, 1.54) is 6.07 Å². The van der Waals surface area contributed by atoms with E-state index in [0.29, 0.717) is 12.6 Å². The average molecular weight is 330 g/mol. The van der Waals surface area contributed by atoms with E-state index in [2.05, 4.69) is 38.1 Å². The van der Waals surface area contributed by atoms with Crippen molar-refractivity contribution < 1.29 is 4.39 Å². The molecule has 0 bridgehead atoms. The Hall–Kier alpha value is -0.490. The highest BCUT2D eigenvalue weighted by atomic mass is 79.9. The van der Waals surface area contributed by atoms with Crippen molar-refractivity contribution in [2.24, 2.45) is 0 Å². The number of piperazine rings is 1. The highest BCUT2D eigenvalue weighted by Crippen LogP contribution is 2.17. The maximum atomic E-state index is 13.7. The van der Waals surface area contributed by atoms with E-state index in [-0.39, 0.29) is 5.82 Å². The quantitative estimate of drug-likeness (QED) is 0.910. The van der Waals surface area contributed by atoms with Gasteiger partial charge in [-0.05, 0) is 32.3 Å². The van der Waals surface area contributed by atoms with Crippen LogP contribution in [0.2, 0.25) is 0 Å². The zero-order valence-corrected chi connectivity index (χ0v) is 13.1. The van der Waals surface area contributed by atoms with Crippen LogP contribution in [0.3, 0.4) is 0 Å². The molecule has 19 heavy (non-hydrogen) atoms. The molecule has 1 unspecified atom stereocenters. The van der Waals surface area contributed by atoms with E-state index in [1.807, 2.05) is 13.1 Å². The molecule has 0 spiro atoms. The van der Waals surface area contributed by atoms with Crippen LogP contribution in [-0.2, 0) is 6.54 Å². The Labute approximate surface area is 122 Å². The SMILES string of the molecule is CN(Cc1cc(Br)ccc1F)CC1CNCCN1C. The van der Waals surface area contributed by atoms with Crippen molar-refractivity contribution in [2.45, 2.75) is 12.6 Å². The third-order valence-electron chi connectivity index (χ3n) is 3.62. The molecule has 2 rings (SSSR count). The van der Waals surface area contributed by atoms with Gasteiger partial charge in [-0.25, -0.2) is 4.39 Å². The first-order chi connectivity index (χ1) is 9.06. The van der Waals surface area contributed by atoms with Gasteiger partial charge in [0.2, 0.25) is 0 Å². The number of likely N-dealkylation sites (N-methyl/N-ethyl adjacent to an activating group) is 2. The molecule has 0 aromatic heterocycles. The first kappa shape index (κ1) is 14.9. The summed E-state index contributed by atoms with van der Waals surface area (Å²) < 4.78 is 14.6. The van der Waals surface area contributed by atoms with Crippen LogP contribution in [0.4, 0.5) is 4.39 Å². The summed E-state index contributed by atoms with van der Waals surface area (Å²) in [5, 5.41) is 3.41. The summed E-state index contributed by atoms with van der Waals surface area (Å²) >= 11 is 3.39. The van der Waals surface area contributed by atoms with Gasteiger partial charge in [0.05, 0.1) is 0 Å². The average Bonchev–Trinajstić information content (AvgIpc) is 2.37. The zero-order chi connectivity index (χ0) is 13.8. The van der Waals surface area contributed by atoms with Crippen molar-refractivity contribution >= 4 is 15.9 Å². The van der Waals surface area contributed by atoms with Crippen molar-refractivity contribution in [1.82, 2.24) is 15.1 Å². The lowest BCUT2D eigenvalue weighted by Crippen LogP contribution is -2.53. The maximum Gasteiger partial charge on any atom is 0.127 e. The normalized spacial score (nSPS) is 21.0. The molecule has 1 aromatic rings. The van der Waals surface area contributed by atoms with Crippen LogP contribution < -0.4 is 5.32 Å². The summed E-state index contributed by atoms with van der Waals surface area (Å²) in [5.41, 5.74) is 0.739. The predicted molar refractivity (Wildman–Crippen MR) is 79.7 cm³/mol. The van der Waals surface area contributed by atoms with Gasteiger partial charge in [0.15, 0.2) is 0 Å². The molecule has 3 nitrogen and oxygen atoms in total. The smallest absolute Gasteiger partial charge is 0.127 e. The van der Waals surface area contributed by atoms with E-state index >= 15 is 0 Å². The molecule has 106 valence electrons. The van der Waals surface area contributed by atoms with Crippen LogP contribution >= 0.6 is 15.9 Å². The number of nitrogens with zero attached hydrogens (tertiary/aromatic N) is 2. The molecule has 0 saturated carbocycles. The molecule has 1 heterocycles. The molecular weight excluding hydrogens is 309 g/mol. The molecule has 5 heteroatoms. The first-order valence-corrected chi connectivity index (χ1v) is 7.39. The fourth-order valence-corrected chi connectivity index (χ4v) is 2.85. The molecule has 1 fully saturated rings. The molecule has 0 aliphatic carbocycles. The number of halogens is 2. The Morgan fingerprint density at radius 3 is 3.05 bits per heavy atom. The summed E-state index contributed by atoms with van der Waals surface area (Å²) in [6.07, 6.45) is 0. The van der Waals surface area contributed by atoms with E-state index in [4.69, 9.17) is 0 Å². The minimum Gasteiger partial charge on any atom is -0.314 e. The van der Waals surface area contributed by atoms with Gasteiger partial charge >= 0.3 is 0 Å². The summed E-state index contributed by atoms with van der Waals surface area (Å²) in [6.45, 7) is 4.70. The van der Waals surface area contributed by atoms with Crippen LogP contribution in [0.25, 0.3) is 0 Å². The van der Waals surface area contributed by atoms with E-state index in [9.17, 15) is 4.39 Å². The lowest BCUT2D eigenvalue weighted by atomic mass is 10.1. The van der Waals surface area contributed by atoms with Crippen LogP contribution in [0.15, 0.2) is 22.7 Å². The summed E-state index contributed by atoms with van der Waals surface area (Å²) in [4.78, 5) is 4.54. The number of benzene rings is 1. The monoisotopic (exact) mass is 329 g/mol. The van der Waals surface area contributed by atoms with E-state index < -0.39 is 0 Å². The molecule has 1 aromatic carbocycles. The van der Waals surface area contributed by atoms with Gasteiger partial charge in [-0.1, -0.05) is 15.9 Å². The van der Waals surface area contributed by atoms with Gasteiger partial charge in [0.1, 0.15) is 5.82 Å². The van der Waals surface area contributed by atoms with Crippen LogP contribution in [0.5, 0.6) is 0 Å². The Morgan fingerprint density at radius 2 is 2.32 bits per heavy atom. The molecule has 1 atom stereocenters. The van der Waals surface area contributed by atoms with Crippen molar-refractivity contribution in [3.8, 4) is 0 Å². The minimum absolute atomic E-state index is 0.134. The number of hydrogen-bond donors (Lipinski definition) is 1. The molecule has 1 aliphatic rings. The molecule has 0 amide bonds. The summed E-state index contributed by atoms with van der Waals surface area (Å²) in [7, 11) is 4.20. The topological polar surface area (TPSA) is 18.5 Å². The largest absolute Gasteiger partial charge is 0.314 e. The number of rotatable bonds is 4. The Morgan fingerprint density at radius 1 is 1.53 bits per heavy atom.